The first-order valence-corrected chi connectivity index (χ1v) is 10.2. The van der Waals surface area contributed by atoms with Crippen LogP contribution in [0.1, 0.15) is 0 Å². The summed E-state index contributed by atoms with van der Waals surface area (Å²) in [6.45, 7) is 0. The first-order chi connectivity index (χ1) is 13.3. The third-order valence-corrected chi connectivity index (χ3v) is 5.78. The zero-order chi connectivity index (χ0) is 18.2. The molecular formula is C26H17I. The van der Waals surface area contributed by atoms with Crippen molar-refractivity contribution in [2.75, 3.05) is 0 Å². The quantitative estimate of drug-likeness (QED) is 0.187. The van der Waals surface area contributed by atoms with Crippen molar-refractivity contribution in [1.29, 1.82) is 0 Å². The number of benzene rings is 5. The third-order valence-electron chi connectivity index (χ3n) is 5.11. The molecule has 0 spiro atoms. The second-order valence-corrected chi connectivity index (χ2v) is 7.96. The van der Waals surface area contributed by atoms with E-state index in [0.717, 1.165) is 0 Å². The van der Waals surface area contributed by atoms with Gasteiger partial charge in [0, 0.05) is 3.57 Å². The minimum absolute atomic E-state index is 1.25. The summed E-state index contributed by atoms with van der Waals surface area (Å²) in [5.41, 5.74) is 5.17. The lowest BCUT2D eigenvalue weighted by Crippen LogP contribution is -1.90. The van der Waals surface area contributed by atoms with Crippen molar-refractivity contribution in [3.8, 4) is 22.3 Å². The summed E-state index contributed by atoms with van der Waals surface area (Å²) in [5, 5.41) is 5.21. The summed E-state index contributed by atoms with van der Waals surface area (Å²) in [6.07, 6.45) is 0. The van der Waals surface area contributed by atoms with E-state index in [9.17, 15) is 0 Å². The van der Waals surface area contributed by atoms with E-state index in [1.54, 1.807) is 0 Å². The Kier molecular flexibility index (Phi) is 4.17. The van der Waals surface area contributed by atoms with Crippen LogP contribution in [-0.2, 0) is 0 Å². The van der Waals surface area contributed by atoms with Crippen molar-refractivity contribution in [2.45, 2.75) is 0 Å². The van der Waals surface area contributed by atoms with Crippen LogP contribution in [0.3, 0.4) is 0 Å². The summed E-state index contributed by atoms with van der Waals surface area (Å²) in [4.78, 5) is 0. The van der Waals surface area contributed by atoms with Crippen LogP contribution in [0, 0.1) is 3.57 Å². The molecule has 0 saturated heterocycles. The molecule has 0 nitrogen and oxygen atoms in total. The van der Waals surface area contributed by atoms with Crippen molar-refractivity contribution < 1.29 is 0 Å². The van der Waals surface area contributed by atoms with Gasteiger partial charge >= 0.3 is 0 Å². The minimum Gasteiger partial charge on any atom is -0.0622 e. The minimum atomic E-state index is 1.25. The van der Waals surface area contributed by atoms with Crippen LogP contribution < -0.4 is 0 Å². The highest BCUT2D eigenvalue weighted by atomic mass is 127. The Labute approximate surface area is 172 Å². The number of rotatable bonds is 2. The first-order valence-electron chi connectivity index (χ1n) is 9.08. The molecule has 0 aromatic heterocycles. The van der Waals surface area contributed by atoms with E-state index < -0.39 is 0 Å². The van der Waals surface area contributed by atoms with Gasteiger partial charge in [-0.2, -0.15) is 0 Å². The molecule has 0 radical (unpaired) electrons. The zero-order valence-electron chi connectivity index (χ0n) is 14.7. The van der Waals surface area contributed by atoms with Crippen LogP contribution in [0.2, 0.25) is 0 Å². The molecule has 0 unspecified atom stereocenters. The van der Waals surface area contributed by atoms with Gasteiger partial charge in [0.25, 0.3) is 0 Å². The monoisotopic (exact) mass is 456 g/mol. The molecule has 5 aromatic carbocycles. The molecule has 5 rings (SSSR count). The summed E-state index contributed by atoms with van der Waals surface area (Å²) in [5.74, 6) is 0. The summed E-state index contributed by atoms with van der Waals surface area (Å²) in [6, 6.07) is 37.1. The second kappa shape index (κ2) is 6.82. The molecule has 1 heteroatoms. The number of halogens is 1. The topological polar surface area (TPSA) is 0 Å². The first kappa shape index (κ1) is 16.5. The molecule has 0 N–H and O–H groups in total. The number of hydrogen-bond acceptors (Lipinski definition) is 0. The predicted molar refractivity (Wildman–Crippen MR) is 125 cm³/mol. The van der Waals surface area contributed by atoms with Crippen LogP contribution >= 0.6 is 22.6 Å². The van der Waals surface area contributed by atoms with Gasteiger partial charge in [-0.15, -0.1) is 0 Å². The molecule has 0 fully saturated rings. The molecule has 0 aliphatic heterocycles. The molecule has 0 saturated carbocycles. The van der Waals surface area contributed by atoms with Gasteiger partial charge in [-0.3, -0.25) is 0 Å². The Balaban J connectivity index is 2.01. The standard InChI is InChI=1S/C26H17I/c27-20-12-8-11-19(17-20)26-23-15-6-4-13-21(23)25(18-9-2-1-3-10-18)22-14-5-7-16-24(22)26/h1-17H. The lowest BCUT2D eigenvalue weighted by atomic mass is 9.86. The van der Waals surface area contributed by atoms with E-state index in [4.69, 9.17) is 0 Å². The number of hydrogen-bond donors (Lipinski definition) is 0. The lowest BCUT2D eigenvalue weighted by Gasteiger charge is -2.17. The summed E-state index contributed by atoms with van der Waals surface area (Å²) < 4.78 is 1.25. The highest BCUT2D eigenvalue weighted by molar-refractivity contribution is 14.1. The maximum Gasteiger partial charge on any atom is 0.0136 e. The van der Waals surface area contributed by atoms with Crippen LogP contribution in [0.25, 0.3) is 43.8 Å². The van der Waals surface area contributed by atoms with E-state index in [1.807, 2.05) is 0 Å². The molecular weight excluding hydrogens is 439 g/mol. The molecule has 0 atom stereocenters. The molecule has 27 heavy (non-hydrogen) atoms. The van der Waals surface area contributed by atoms with E-state index in [0.29, 0.717) is 0 Å². The van der Waals surface area contributed by atoms with Crippen molar-refractivity contribution in [3.05, 3.63) is 107 Å². The molecule has 0 aliphatic rings. The Hall–Kier alpha value is -2.65. The maximum atomic E-state index is 2.40. The van der Waals surface area contributed by atoms with Crippen LogP contribution in [0.4, 0.5) is 0 Å². The third kappa shape index (κ3) is 2.83. The second-order valence-electron chi connectivity index (χ2n) is 6.72. The van der Waals surface area contributed by atoms with E-state index in [2.05, 4.69) is 126 Å². The van der Waals surface area contributed by atoms with Crippen molar-refractivity contribution in [2.24, 2.45) is 0 Å². The predicted octanol–water partition coefficient (Wildman–Crippen LogP) is 7.93. The fourth-order valence-corrected chi connectivity index (χ4v) is 4.54. The Morgan fingerprint density at radius 1 is 0.407 bits per heavy atom. The smallest absolute Gasteiger partial charge is 0.0136 e. The highest BCUT2D eigenvalue weighted by Gasteiger charge is 2.15. The lowest BCUT2D eigenvalue weighted by molar-refractivity contribution is 1.62. The van der Waals surface area contributed by atoms with Gasteiger partial charge in [-0.25, -0.2) is 0 Å². The van der Waals surface area contributed by atoms with E-state index in [1.165, 1.54) is 47.4 Å². The number of fused-ring (bicyclic) bond motifs is 2. The van der Waals surface area contributed by atoms with Gasteiger partial charge < -0.3 is 0 Å². The van der Waals surface area contributed by atoms with Gasteiger partial charge in [-0.05, 0) is 78.5 Å². The molecule has 0 heterocycles. The van der Waals surface area contributed by atoms with Gasteiger partial charge in [0.1, 0.15) is 0 Å². The van der Waals surface area contributed by atoms with Gasteiger partial charge in [0.15, 0.2) is 0 Å². The maximum absolute atomic E-state index is 2.40. The summed E-state index contributed by atoms with van der Waals surface area (Å²) in [7, 11) is 0. The van der Waals surface area contributed by atoms with Crippen LogP contribution in [0.15, 0.2) is 103 Å². The Morgan fingerprint density at radius 3 is 1.37 bits per heavy atom. The van der Waals surface area contributed by atoms with Crippen LogP contribution in [0.5, 0.6) is 0 Å². The average Bonchev–Trinajstić information content (AvgIpc) is 2.72. The fraction of sp³-hybridized carbons (Fsp3) is 0. The van der Waals surface area contributed by atoms with Gasteiger partial charge in [0.2, 0.25) is 0 Å². The molecule has 0 bridgehead atoms. The molecule has 5 aromatic rings. The molecule has 0 aliphatic carbocycles. The largest absolute Gasteiger partial charge is 0.0622 e. The summed E-state index contributed by atoms with van der Waals surface area (Å²) >= 11 is 2.40. The van der Waals surface area contributed by atoms with Crippen LogP contribution in [-0.4, -0.2) is 0 Å². The van der Waals surface area contributed by atoms with E-state index >= 15 is 0 Å². The normalized spacial score (nSPS) is 11.1. The average molecular weight is 456 g/mol. The van der Waals surface area contributed by atoms with Gasteiger partial charge in [-0.1, -0.05) is 91.0 Å². The van der Waals surface area contributed by atoms with Gasteiger partial charge in [0.05, 0.1) is 0 Å². The molecule has 128 valence electrons. The highest BCUT2D eigenvalue weighted by Crippen LogP contribution is 2.43. The fourth-order valence-electron chi connectivity index (χ4n) is 4.00. The zero-order valence-corrected chi connectivity index (χ0v) is 16.9. The van der Waals surface area contributed by atoms with Crippen molar-refractivity contribution in [3.63, 3.8) is 0 Å². The molecule has 0 amide bonds. The van der Waals surface area contributed by atoms with Crippen molar-refractivity contribution in [1.82, 2.24) is 0 Å². The SMILES string of the molecule is Ic1cccc(-c2c3ccccc3c(-c3ccccc3)c3ccccc23)c1. The Bertz CT molecular complexity index is 1210. The Morgan fingerprint density at radius 2 is 0.852 bits per heavy atom. The van der Waals surface area contributed by atoms with Crippen molar-refractivity contribution >= 4 is 44.1 Å². The van der Waals surface area contributed by atoms with E-state index in [-0.39, 0.29) is 0 Å².